The molecule has 0 bridgehead atoms. The molecule has 5 heteroatoms. The van der Waals surface area contributed by atoms with E-state index in [0.717, 1.165) is 9.35 Å². The van der Waals surface area contributed by atoms with Crippen molar-refractivity contribution < 1.29 is 14.3 Å². The van der Waals surface area contributed by atoms with Crippen LogP contribution in [-0.4, -0.2) is 12.9 Å². The molecule has 0 saturated carbocycles. The monoisotopic (exact) mass is 338 g/mol. The Balaban J connectivity index is 1.97. The highest BCUT2D eigenvalue weighted by atomic mass is 79.9. The summed E-state index contributed by atoms with van der Waals surface area (Å²) in [6.07, 6.45) is 0.155. The molecule has 1 unspecified atom stereocenters. The largest absolute Gasteiger partial charge is 0.497 e. The Bertz CT molecular complexity index is 635. The third kappa shape index (κ3) is 2.28. The molecule has 19 heavy (non-hydrogen) atoms. The van der Waals surface area contributed by atoms with Crippen molar-refractivity contribution in [3.05, 3.63) is 44.6 Å². The Kier molecular flexibility index (Phi) is 3.33. The molecule has 98 valence electrons. The Labute approximate surface area is 123 Å². The summed E-state index contributed by atoms with van der Waals surface area (Å²) in [5.41, 5.74) is 0.600. The van der Waals surface area contributed by atoms with Gasteiger partial charge in [0.1, 0.15) is 17.6 Å². The van der Waals surface area contributed by atoms with Gasteiger partial charge in [0.25, 0.3) is 0 Å². The number of benzene rings is 1. The van der Waals surface area contributed by atoms with Gasteiger partial charge in [0.05, 0.1) is 24.0 Å². The van der Waals surface area contributed by atoms with Crippen LogP contribution >= 0.6 is 27.3 Å². The van der Waals surface area contributed by atoms with Crippen LogP contribution in [0.15, 0.2) is 34.1 Å². The third-order valence-corrected chi connectivity index (χ3v) is 5.03. The van der Waals surface area contributed by atoms with Gasteiger partial charge in [-0.2, -0.15) is 0 Å². The van der Waals surface area contributed by atoms with Gasteiger partial charge < -0.3 is 9.47 Å². The minimum Gasteiger partial charge on any atom is -0.497 e. The number of methoxy groups -OCH3 is 1. The molecule has 1 aliphatic rings. The fourth-order valence-electron chi connectivity index (χ4n) is 2.11. The van der Waals surface area contributed by atoms with Crippen molar-refractivity contribution >= 4 is 33.0 Å². The van der Waals surface area contributed by atoms with Gasteiger partial charge in [0, 0.05) is 4.47 Å². The van der Waals surface area contributed by atoms with E-state index in [1.807, 2.05) is 11.4 Å². The van der Waals surface area contributed by atoms with Crippen molar-refractivity contribution in [1.29, 1.82) is 0 Å². The van der Waals surface area contributed by atoms with Crippen molar-refractivity contribution in [3.63, 3.8) is 0 Å². The Morgan fingerprint density at radius 3 is 2.95 bits per heavy atom. The third-order valence-electron chi connectivity index (χ3n) is 3.06. The second-order valence-electron chi connectivity index (χ2n) is 4.23. The first kappa shape index (κ1) is 12.7. The molecular formula is C14H11BrO3S. The Morgan fingerprint density at radius 2 is 2.26 bits per heavy atom. The fraction of sp³-hybridized carbons (Fsp3) is 0.214. The molecule has 0 N–H and O–H groups in total. The van der Waals surface area contributed by atoms with Crippen LogP contribution in [0.5, 0.6) is 11.5 Å². The minimum atomic E-state index is -0.206. The van der Waals surface area contributed by atoms with Gasteiger partial charge in [-0.15, -0.1) is 11.3 Å². The predicted octanol–water partition coefficient (Wildman–Crippen LogP) is 4.23. The number of ether oxygens (including phenoxy) is 2. The number of carbonyl (C=O) groups excluding carboxylic acids is 1. The van der Waals surface area contributed by atoms with Gasteiger partial charge in [0.15, 0.2) is 5.78 Å². The average Bonchev–Trinajstić information content (AvgIpc) is 2.84. The number of thiophene rings is 1. The summed E-state index contributed by atoms with van der Waals surface area (Å²) < 4.78 is 12.1. The smallest absolute Gasteiger partial charge is 0.170 e. The second-order valence-corrected chi connectivity index (χ2v) is 6.03. The first-order valence-electron chi connectivity index (χ1n) is 5.80. The van der Waals surface area contributed by atoms with Crippen LogP contribution in [0.3, 0.4) is 0 Å². The minimum absolute atomic E-state index is 0.0884. The van der Waals surface area contributed by atoms with Gasteiger partial charge in [-0.25, -0.2) is 0 Å². The van der Waals surface area contributed by atoms with Gasteiger partial charge >= 0.3 is 0 Å². The standard InChI is InChI=1S/C14H11BrO3S/c1-17-8-2-3-12-9(6-8)11(16)7-13(18-12)14-10(15)4-5-19-14/h2-6,13H,7H2,1H3. The Hall–Kier alpha value is -1.33. The van der Waals surface area contributed by atoms with E-state index in [4.69, 9.17) is 9.47 Å². The molecule has 2 aromatic rings. The maximum absolute atomic E-state index is 12.2. The van der Waals surface area contributed by atoms with Gasteiger partial charge in [-0.05, 0) is 45.6 Å². The number of hydrogen-bond donors (Lipinski definition) is 0. The highest BCUT2D eigenvalue weighted by molar-refractivity contribution is 9.10. The number of hydrogen-bond acceptors (Lipinski definition) is 4. The summed E-state index contributed by atoms with van der Waals surface area (Å²) in [6, 6.07) is 7.30. The summed E-state index contributed by atoms with van der Waals surface area (Å²) in [5, 5.41) is 1.98. The number of ketones is 1. The van der Waals surface area contributed by atoms with Crippen LogP contribution in [0, 0.1) is 0 Å². The molecule has 0 aliphatic carbocycles. The highest BCUT2D eigenvalue weighted by Gasteiger charge is 2.29. The summed E-state index contributed by atoms with van der Waals surface area (Å²) in [4.78, 5) is 13.3. The maximum Gasteiger partial charge on any atom is 0.170 e. The molecule has 3 rings (SSSR count). The van der Waals surface area contributed by atoms with E-state index in [-0.39, 0.29) is 11.9 Å². The van der Waals surface area contributed by atoms with Crippen molar-refractivity contribution in [2.24, 2.45) is 0 Å². The van der Waals surface area contributed by atoms with Gasteiger partial charge in [0.2, 0.25) is 0 Å². The lowest BCUT2D eigenvalue weighted by Crippen LogP contribution is -2.19. The predicted molar refractivity (Wildman–Crippen MR) is 77.3 cm³/mol. The van der Waals surface area contributed by atoms with E-state index < -0.39 is 0 Å². The van der Waals surface area contributed by atoms with Crippen molar-refractivity contribution in [2.75, 3.05) is 7.11 Å². The van der Waals surface area contributed by atoms with Crippen molar-refractivity contribution in [3.8, 4) is 11.5 Å². The van der Waals surface area contributed by atoms with E-state index >= 15 is 0 Å². The normalized spacial score (nSPS) is 17.8. The van der Waals surface area contributed by atoms with Crippen LogP contribution in [0.25, 0.3) is 0 Å². The zero-order valence-electron chi connectivity index (χ0n) is 10.2. The molecule has 0 amide bonds. The molecule has 0 radical (unpaired) electrons. The topological polar surface area (TPSA) is 35.5 Å². The number of Topliss-reactive ketones (excluding diaryl/α,β-unsaturated/α-hetero) is 1. The molecule has 0 spiro atoms. The summed E-state index contributed by atoms with van der Waals surface area (Å²) in [7, 11) is 1.58. The summed E-state index contributed by atoms with van der Waals surface area (Å²) in [6.45, 7) is 0. The Morgan fingerprint density at radius 1 is 1.42 bits per heavy atom. The maximum atomic E-state index is 12.2. The van der Waals surface area contributed by atoms with Crippen LogP contribution in [0.4, 0.5) is 0 Å². The molecule has 1 aliphatic heterocycles. The summed E-state index contributed by atoms with van der Waals surface area (Å²) >= 11 is 5.08. The van der Waals surface area contributed by atoms with Crippen molar-refractivity contribution in [2.45, 2.75) is 12.5 Å². The molecular weight excluding hydrogens is 328 g/mol. The second kappa shape index (κ2) is 4.98. The van der Waals surface area contributed by atoms with Gasteiger partial charge in [-0.1, -0.05) is 0 Å². The number of halogens is 1. The highest BCUT2D eigenvalue weighted by Crippen LogP contribution is 2.40. The van der Waals surface area contributed by atoms with Crippen LogP contribution in [0.2, 0.25) is 0 Å². The van der Waals surface area contributed by atoms with E-state index in [2.05, 4.69) is 15.9 Å². The zero-order valence-corrected chi connectivity index (χ0v) is 12.6. The van der Waals surface area contributed by atoms with E-state index in [1.54, 1.807) is 36.6 Å². The molecule has 1 aromatic heterocycles. The first-order chi connectivity index (χ1) is 9.19. The van der Waals surface area contributed by atoms with Crippen LogP contribution in [0.1, 0.15) is 27.8 Å². The first-order valence-corrected chi connectivity index (χ1v) is 7.47. The lowest BCUT2D eigenvalue weighted by molar-refractivity contribution is 0.0853. The van der Waals surface area contributed by atoms with Crippen LogP contribution < -0.4 is 9.47 Å². The zero-order chi connectivity index (χ0) is 13.4. The molecule has 1 atom stereocenters. The average molecular weight is 339 g/mol. The van der Waals surface area contributed by atoms with Gasteiger partial charge in [-0.3, -0.25) is 4.79 Å². The number of fused-ring (bicyclic) bond motifs is 1. The summed E-state index contributed by atoms with van der Waals surface area (Å²) in [5.74, 6) is 1.39. The molecule has 0 saturated heterocycles. The van der Waals surface area contributed by atoms with Crippen molar-refractivity contribution in [1.82, 2.24) is 0 Å². The van der Waals surface area contributed by atoms with E-state index in [9.17, 15) is 4.79 Å². The SMILES string of the molecule is COc1ccc2c(c1)C(=O)CC(c1sccc1Br)O2. The van der Waals surface area contributed by atoms with E-state index in [1.165, 1.54) is 0 Å². The van der Waals surface area contributed by atoms with Crippen LogP contribution in [-0.2, 0) is 0 Å². The fourth-order valence-corrected chi connectivity index (χ4v) is 3.77. The quantitative estimate of drug-likeness (QED) is 0.822. The lowest BCUT2D eigenvalue weighted by Gasteiger charge is -2.25. The van der Waals surface area contributed by atoms with E-state index in [0.29, 0.717) is 23.5 Å². The molecule has 1 aromatic carbocycles. The number of rotatable bonds is 2. The molecule has 2 heterocycles. The lowest BCUT2D eigenvalue weighted by atomic mass is 9.99. The molecule has 3 nitrogen and oxygen atoms in total. The number of carbonyl (C=O) groups is 1. The molecule has 0 fully saturated rings.